The maximum absolute atomic E-state index is 12.2. The van der Waals surface area contributed by atoms with Gasteiger partial charge in [0.25, 0.3) is 0 Å². The molecule has 22 heavy (non-hydrogen) atoms. The van der Waals surface area contributed by atoms with Crippen LogP contribution in [0.4, 0.5) is 13.2 Å². The molecule has 0 aliphatic heterocycles. The van der Waals surface area contributed by atoms with E-state index in [4.69, 9.17) is 0 Å². The first-order valence-electron chi connectivity index (χ1n) is 6.20. The van der Waals surface area contributed by atoms with Gasteiger partial charge in [0.1, 0.15) is 6.04 Å². The lowest BCUT2D eigenvalue weighted by molar-refractivity contribution is -0.175. The molecule has 0 saturated carbocycles. The van der Waals surface area contributed by atoms with Crippen molar-refractivity contribution in [3.05, 3.63) is 35.4 Å². The van der Waals surface area contributed by atoms with Gasteiger partial charge in [-0.25, -0.2) is 4.79 Å². The molecule has 0 fully saturated rings. The summed E-state index contributed by atoms with van der Waals surface area (Å²) >= 11 is 0. The van der Waals surface area contributed by atoms with Gasteiger partial charge in [-0.3, -0.25) is 9.59 Å². The van der Waals surface area contributed by atoms with E-state index >= 15 is 0 Å². The van der Waals surface area contributed by atoms with Crippen LogP contribution in [0.1, 0.15) is 22.3 Å². The highest BCUT2D eigenvalue weighted by molar-refractivity contribution is 6.00. The summed E-state index contributed by atoms with van der Waals surface area (Å²) in [5.74, 6) is -4.02. The largest absolute Gasteiger partial charge is 0.471 e. The molecule has 0 aliphatic carbocycles. The van der Waals surface area contributed by atoms with Gasteiger partial charge < -0.3 is 10.1 Å². The van der Waals surface area contributed by atoms with Gasteiger partial charge >= 0.3 is 18.1 Å². The number of amides is 1. The second-order valence-corrected chi connectivity index (χ2v) is 4.54. The molecule has 1 amide bonds. The molecule has 0 radical (unpaired) electrons. The van der Waals surface area contributed by atoms with Crippen molar-refractivity contribution < 1.29 is 32.3 Å². The van der Waals surface area contributed by atoms with Gasteiger partial charge in [-0.1, -0.05) is 29.8 Å². The minimum absolute atomic E-state index is 0.223. The lowest BCUT2D eigenvalue weighted by Crippen LogP contribution is -2.48. The minimum Gasteiger partial charge on any atom is -0.467 e. The van der Waals surface area contributed by atoms with Crippen LogP contribution in [-0.4, -0.2) is 37.0 Å². The Kier molecular flexibility index (Phi) is 5.67. The third-order valence-electron chi connectivity index (χ3n) is 2.81. The molecule has 0 bridgehead atoms. The molecule has 0 unspecified atom stereocenters. The Hall–Kier alpha value is -2.38. The van der Waals surface area contributed by atoms with E-state index in [1.165, 1.54) is 17.4 Å². The molecule has 0 saturated heterocycles. The number of halogens is 3. The standard InChI is InChI=1S/C14H14F3NO4/c1-8-3-5-9(6-4-8)11(19)7-10(12(20)22-2)18-13(21)14(15,16)17/h3-6,10H,7H2,1-2H3,(H,18,21)/t10-/m1/s1. The second-order valence-electron chi connectivity index (χ2n) is 4.54. The van der Waals surface area contributed by atoms with Crippen LogP contribution in [-0.2, 0) is 14.3 Å². The number of nitrogens with one attached hydrogen (secondary N) is 1. The fraction of sp³-hybridized carbons (Fsp3) is 0.357. The molecule has 1 rings (SSSR count). The molecular weight excluding hydrogens is 303 g/mol. The lowest BCUT2D eigenvalue weighted by Gasteiger charge is -2.16. The lowest BCUT2D eigenvalue weighted by atomic mass is 10.0. The smallest absolute Gasteiger partial charge is 0.467 e. The molecule has 8 heteroatoms. The van der Waals surface area contributed by atoms with Gasteiger partial charge in [0, 0.05) is 12.0 Å². The first kappa shape index (κ1) is 17.7. The van der Waals surface area contributed by atoms with E-state index in [0.717, 1.165) is 12.7 Å². The van der Waals surface area contributed by atoms with E-state index in [1.807, 2.05) is 0 Å². The molecule has 0 aliphatic rings. The van der Waals surface area contributed by atoms with Gasteiger partial charge in [0.2, 0.25) is 0 Å². The average molecular weight is 317 g/mol. The second kappa shape index (κ2) is 7.06. The number of methoxy groups -OCH3 is 1. The Bertz CT molecular complexity index is 566. The van der Waals surface area contributed by atoms with E-state index in [0.29, 0.717) is 0 Å². The van der Waals surface area contributed by atoms with Crippen LogP contribution < -0.4 is 5.32 Å². The van der Waals surface area contributed by atoms with E-state index in [9.17, 15) is 27.6 Å². The summed E-state index contributed by atoms with van der Waals surface area (Å²) in [4.78, 5) is 34.3. The maximum atomic E-state index is 12.2. The highest BCUT2D eigenvalue weighted by Gasteiger charge is 2.41. The number of alkyl halides is 3. The van der Waals surface area contributed by atoms with E-state index in [1.54, 1.807) is 19.1 Å². The molecular formula is C14H14F3NO4. The van der Waals surface area contributed by atoms with E-state index < -0.39 is 36.3 Å². The fourth-order valence-corrected chi connectivity index (χ4v) is 1.62. The van der Waals surface area contributed by atoms with Crippen LogP contribution in [0.2, 0.25) is 0 Å². The van der Waals surface area contributed by atoms with Gasteiger partial charge in [-0.2, -0.15) is 13.2 Å². The van der Waals surface area contributed by atoms with Gasteiger partial charge in [0.15, 0.2) is 5.78 Å². The van der Waals surface area contributed by atoms with Crippen LogP contribution in [0.5, 0.6) is 0 Å². The molecule has 1 aromatic rings. The molecule has 1 atom stereocenters. The number of hydrogen-bond donors (Lipinski definition) is 1. The molecule has 1 aromatic carbocycles. The van der Waals surface area contributed by atoms with Crippen molar-refractivity contribution >= 4 is 17.7 Å². The quantitative estimate of drug-likeness (QED) is 0.664. The third-order valence-corrected chi connectivity index (χ3v) is 2.81. The number of carbonyl (C=O) groups excluding carboxylic acids is 3. The summed E-state index contributed by atoms with van der Waals surface area (Å²) in [6.45, 7) is 1.80. The molecule has 0 spiro atoms. The monoisotopic (exact) mass is 317 g/mol. The zero-order chi connectivity index (χ0) is 16.9. The third kappa shape index (κ3) is 4.87. The first-order valence-corrected chi connectivity index (χ1v) is 6.20. The number of aryl methyl sites for hydroxylation is 1. The molecule has 0 heterocycles. The number of ketones is 1. The summed E-state index contributed by atoms with van der Waals surface area (Å²) in [6.07, 6.45) is -5.78. The maximum Gasteiger partial charge on any atom is 0.471 e. The molecule has 5 nitrogen and oxygen atoms in total. The minimum atomic E-state index is -5.15. The van der Waals surface area contributed by atoms with Crippen molar-refractivity contribution in [2.75, 3.05) is 7.11 Å². The first-order chi connectivity index (χ1) is 10.1. The summed E-state index contributed by atoms with van der Waals surface area (Å²) in [6, 6.07) is 4.56. The predicted octanol–water partition coefficient (Wildman–Crippen LogP) is 1.79. The van der Waals surface area contributed by atoms with Crippen LogP contribution in [0.3, 0.4) is 0 Å². The summed E-state index contributed by atoms with van der Waals surface area (Å²) in [5.41, 5.74) is 1.12. The van der Waals surface area contributed by atoms with Crippen molar-refractivity contribution in [3.8, 4) is 0 Å². The summed E-state index contributed by atoms with van der Waals surface area (Å²) in [5, 5.41) is 1.46. The van der Waals surface area contributed by atoms with Crippen molar-refractivity contribution in [1.82, 2.24) is 5.32 Å². The SMILES string of the molecule is COC(=O)[C@@H](CC(=O)c1ccc(C)cc1)NC(=O)C(F)(F)F. The van der Waals surface area contributed by atoms with E-state index in [2.05, 4.69) is 4.74 Å². The van der Waals surface area contributed by atoms with Gasteiger partial charge in [-0.15, -0.1) is 0 Å². The predicted molar refractivity (Wildman–Crippen MR) is 70.1 cm³/mol. The number of ether oxygens (including phenoxy) is 1. The summed E-state index contributed by atoms with van der Waals surface area (Å²) in [7, 11) is 0.950. The Balaban J connectivity index is 2.85. The van der Waals surface area contributed by atoms with Crippen LogP contribution >= 0.6 is 0 Å². The van der Waals surface area contributed by atoms with Crippen LogP contribution in [0.15, 0.2) is 24.3 Å². The Morgan fingerprint density at radius 3 is 2.18 bits per heavy atom. The number of rotatable bonds is 5. The van der Waals surface area contributed by atoms with Crippen LogP contribution in [0.25, 0.3) is 0 Å². The molecule has 120 valence electrons. The summed E-state index contributed by atoms with van der Waals surface area (Å²) < 4.78 is 41.0. The highest BCUT2D eigenvalue weighted by atomic mass is 19.4. The number of carbonyl (C=O) groups is 3. The number of esters is 1. The van der Waals surface area contributed by atoms with Gasteiger partial charge in [-0.05, 0) is 6.92 Å². The van der Waals surface area contributed by atoms with Gasteiger partial charge in [0.05, 0.1) is 7.11 Å². The van der Waals surface area contributed by atoms with Crippen molar-refractivity contribution in [2.45, 2.75) is 25.6 Å². The fourth-order valence-electron chi connectivity index (χ4n) is 1.62. The Labute approximate surface area is 124 Å². The average Bonchev–Trinajstić information content (AvgIpc) is 2.45. The Morgan fingerprint density at radius 2 is 1.73 bits per heavy atom. The van der Waals surface area contributed by atoms with Crippen LogP contribution in [0, 0.1) is 6.92 Å². The van der Waals surface area contributed by atoms with Crippen molar-refractivity contribution in [2.24, 2.45) is 0 Å². The normalized spacial score (nSPS) is 12.4. The number of benzene rings is 1. The molecule has 0 aromatic heterocycles. The van der Waals surface area contributed by atoms with Crippen molar-refractivity contribution in [3.63, 3.8) is 0 Å². The highest BCUT2D eigenvalue weighted by Crippen LogP contribution is 2.16. The topological polar surface area (TPSA) is 72.5 Å². The Morgan fingerprint density at radius 1 is 1.18 bits per heavy atom. The zero-order valence-corrected chi connectivity index (χ0v) is 11.9. The molecule has 1 N–H and O–H groups in total. The van der Waals surface area contributed by atoms with Crippen molar-refractivity contribution in [1.29, 1.82) is 0 Å². The number of hydrogen-bond acceptors (Lipinski definition) is 4. The zero-order valence-electron chi connectivity index (χ0n) is 11.9. The van der Waals surface area contributed by atoms with E-state index in [-0.39, 0.29) is 5.56 Å². The number of Topliss-reactive ketones (excluding diaryl/α,β-unsaturated/α-hetero) is 1.